The lowest BCUT2D eigenvalue weighted by Gasteiger charge is -2.31. The summed E-state index contributed by atoms with van der Waals surface area (Å²) in [5.74, 6) is -1.19. The molecule has 1 fully saturated rings. The number of nitrogens with one attached hydrogen (secondary N) is 1. The molecule has 0 spiro atoms. The SMILES string of the molecule is O=C(NCCO)C1CCCN(S(=O)(=O)c2ccc(F)cc2)C1. The second kappa shape index (κ2) is 7.17. The molecule has 1 aliphatic heterocycles. The van der Waals surface area contributed by atoms with Crippen LogP contribution < -0.4 is 5.32 Å². The van der Waals surface area contributed by atoms with Gasteiger partial charge >= 0.3 is 0 Å². The standard InChI is InChI=1S/C14H19FN2O4S/c15-12-3-5-13(6-4-12)22(20,21)17-8-1-2-11(10-17)14(19)16-7-9-18/h3-6,11,18H,1-2,7-10H2,(H,16,19). The van der Waals surface area contributed by atoms with Crippen LogP contribution in [0.4, 0.5) is 4.39 Å². The monoisotopic (exact) mass is 330 g/mol. The first-order chi connectivity index (χ1) is 10.4. The first kappa shape index (κ1) is 16.9. The Balaban J connectivity index is 2.11. The van der Waals surface area contributed by atoms with Crippen LogP contribution in [0, 0.1) is 11.7 Å². The predicted molar refractivity (Wildman–Crippen MR) is 78.0 cm³/mol. The van der Waals surface area contributed by atoms with E-state index in [2.05, 4.69) is 5.32 Å². The van der Waals surface area contributed by atoms with Gasteiger partial charge in [-0.05, 0) is 37.1 Å². The number of hydrogen-bond donors (Lipinski definition) is 2. The molecule has 1 saturated heterocycles. The van der Waals surface area contributed by atoms with E-state index < -0.39 is 21.8 Å². The second-order valence-electron chi connectivity index (χ2n) is 5.17. The van der Waals surface area contributed by atoms with Gasteiger partial charge in [0, 0.05) is 19.6 Å². The Kier molecular flexibility index (Phi) is 5.49. The van der Waals surface area contributed by atoms with Crippen molar-refractivity contribution in [1.29, 1.82) is 0 Å². The van der Waals surface area contributed by atoms with E-state index in [1.807, 2.05) is 0 Å². The highest BCUT2D eigenvalue weighted by Gasteiger charge is 2.33. The van der Waals surface area contributed by atoms with Crippen LogP contribution in [0.3, 0.4) is 0 Å². The molecule has 1 aliphatic rings. The van der Waals surface area contributed by atoms with E-state index >= 15 is 0 Å². The first-order valence-electron chi connectivity index (χ1n) is 7.09. The number of aliphatic hydroxyl groups is 1. The molecular weight excluding hydrogens is 311 g/mol. The van der Waals surface area contributed by atoms with E-state index in [0.717, 1.165) is 12.1 Å². The molecule has 6 nitrogen and oxygen atoms in total. The summed E-state index contributed by atoms with van der Waals surface area (Å²) < 4.78 is 39.2. The van der Waals surface area contributed by atoms with Gasteiger partial charge in [-0.2, -0.15) is 4.31 Å². The van der Waals surface area contributed by atoms with Crippen molar-refractivity contribution in [1.82, 2.24) is 9.62 Å². The van der Waals surface area contributed by atoms with Gasteiger partial charge in [0.05, 0.1) is 17.4 Å². The summed E-state index contributed by atoms with van der Waals surface area (Å²) in [6, 6.07) is 4.64. The Morgan fingerprint density at radius 1 is 1.36 bits per heavy atom. The van der Waals surface area contributed by atoms with Crippen molar-refractivity contribution in [2.24, 2.45) is 5.92 Å². The van der Waals surface area contributed by atoms with E-state index in [0.29, 0.717) is 19.4 Å². The smallest absolute Gasteiger partial charge is 0.243 e. The predicted octanol–water partition coefficient (Wildman–Crippen LogP) is 0.335. The summed E-state index contributed by atoms with van der Waals surface area (Å²) >= 11 is 0. The maximum absolute atomic E-state index is 12.9. The van der Waals surface area contributed by atoms with Gasteiger partial charge in [-0.1, -0.05) is 0 Å². The summed E-state index contributed by atoms with van der Waals surface area (Å²) in [5.41, 5.74) is 0. The number of benzene rings is 1. The van der Waals surface area contributed by atoms with Gasteiger partial charge in [0.1, 0.15) is 5.82 Å². The summed E-state index contributed by atoms with van der Waals surface area (Å²) in [6.07, 6.45) is 1.18. The van der Waals surface area contributed by atoms with Gasteiger partial charge in [0.2, 0.25) is 15.9 Å². The Morgan fingerprint density at radius 2 is 2.05 bits per heavy atom. The van der Waals surface area contributed by atoms with Gasteiger partial charge in [-0.3, -0.25) is 4.79 Å². The highest BCUT2D eigenvalue weighted by Crippen LogP contribution is 2.24. The quantitative estimate of drug-likeness (QED) is 0.815. The molecule has 1 aromatic rings. The number of rotatable bonds is 5. The maximum atomic E-state index is 12.9. The normalized spacial score (nSPS) is 19.8. The Morgan fingerprint density at radius 3 is 2.68 bits per heavy atom. The summed E-state index contributed by atoms with van der Waals surface area (Å²) in [4.78, 5) is 11.9. The third-order valence-corrected chi connectivity index (χ3v) is 5.50. The molecule has 0 radical (unpaired) electrons. The average Bonchev–Trinajstić information content (AvgIpc) is 2.53. The fraction of sp³-hybridized carbons (Fsp3) is 0.500. The van der Waals surface area contributed by atoms with Crippen LogP contribution in [0.1, 0.15) is 12.8 Å². The van der Waals surface area contributed by atoms with Crippen molar-refractivity contribution in [2.75, 3.05) is 26.2 Å². The van der Waals surface area contributed by atoms with Crippen LogP contribution in [-0.2, 0) is 14.8 Å². The number of sulfonamides is 1. The number of hydrogen-bond acceptors (Lipinski definition) is 4. The molecule has 1 atom stereocenters. The number of halogens is 1. The topological polar surface area (TPSA) is 86.7 Å². The highest BCUT2D eigenvalue weighted by molar-refractivity contribution is 7.89. The largest absolute Gasteiger partial charge is 0.395 e. The van der Waals surface area contributed by atoms with E-state index in [1.165, 1.54) is 16.4 Å². The molecule has 0 aliphatic carbocycles. The Labute approximate surface area is 129 Å². The molecule has 2 N–H and O–H groups in total. The zero-order valence-corrected chi connectivity index (χ0v) is 12.9. The summed E-state index contributed by atoms with van der Waals surface area (Å²) in [7, 11) is -3.73. The summed E-state index contributed by atoms with van der Waals surface area (Å²) in [6.45, 7) is 0.427. The number of amides is 1. The van der Waals surface area contributed by atoms with E-state index in [-0.39, 0.29) is 30.5 Å². The lowest BCUT2D eigenvalue weighted by Crippen LogP contribution is -2.45. The van der Waals surface area contributed by atoms with Crippen LogP contribution in [0.5, 0.6) is 0 Å². The van der Waals surface area contributed by atoms with Gasteiger partial charge in [-0.25, -0.2) is 12.8 Å². The average molecular weight is 330 g/mol. The number of nitrogens with zero attached hydrogens (tertiary/aromatic N) is 1. The zero-order chi connectivity index (χ0) is 16.2. The van der Waals surface area contributed by atoms with E-state index in [9.17, 15) is 17.6 Å². The Hall–Kier alpha value is -1.51. The molecule has 0 saturated carbocycles. The molecule has 122 valence electrons. The van der Waals surface area contributed by atoms with Crippen LogP contribution in [0.2, 0.25) is 0 Å². The van der Waals surface area contributed by atoms with Crippen molar-refractivity contribution >= 4 is 15.9 Å². The molecule has 0 aromatic heterocycles. The molecule has 8 heteroatoms. The number of aliphatic hydroxyl groups excluding tert-OH is 1. The zero-order valence-electron chi connectivity index (χ0n) is 12.0. The fourth-order valence-electron chi connectivity index (χ4n) is 2.45. The van der Waals surface area contributed by atoms with Gasteiger partial charge < -0.3 is 10.4 Å². The second-order valence-corrected chi connectivity index (χ2v) is 7.11. The van der Waals surface area contributed by atoms with Gasteiger partial charge in [0.15, 0.2) is 0 Å². The minimum atomic E-state index is -3.73. The van der Waals surface area contributed by atoms with Crippen molar-refractivity contribution in [3.8, 4) is 0 Å². The lowest BCUT2D eigenvalue weighted by molar-refractivity contribution is -0.126. The molecule has 1 aromatic carbocycles. The number of piperidine rings is 1. The summed E-state index contributed by atoms with van der Waals surface area (Å²) in [5, 5.41) is 11.3. The van der Waals surface area contributed by atoms with Crippen LogP contribution in [-0.4, -0.2) is 50.0 Å². The van der Waals surface area contributed by atoms with Crippen molar-refractivity contribution in [2.45, 2.75) is 17.7 Å². The third-order valence-electron chi connectivity index (χ3n) is 3.62. The molecular formula is C14H19FN2O4S. The molecule has 0 bridgehead atoms. The van der Waals surface area contributed by atoms with Crippen molar-refractivity contribution in [3.63, 3.8) is 0 Å². The maximum Gasteiger partial charge on any atom is 0.243 e. The molecule has 2 rings (SSSR count). The molecule has 1 unspecified atom stereocenters. The van der Waals surface area contributed by atoms with Crippen molar-refractivity contribution in [3.05, 3.63) is 30.1 Å². The van der Waals surface area contributed by atoms with Crippen LogP contribution >= 0.6 is 0 Å². The van der Waals surface area contributed by atoms with E-state index in [1.54, 1.807) is 0 Å². The molecule has 1 amide bonds. The minimum absolute atomic E-state index is 0.0188. The van der Waals surface area contributed by atoms with Crippen LogP contribution in [0.25, 0.3) is 0 Å². The third kappa shape index (κ3) is 3.82. The molecule has 22 heavy (non-hydrogen) atoms. The first-order valence-corrected chi connectivity index (χ1v) is 8.53. The highest BCUT2D eigenvalue weighted by atomic mass is 32.2. The van der Waals surface area contributed by atoms with Gasteiger partial charge in [0.25, 0.3) is 0 Å². The minimum Gasteiger partial charge on any atom is -0.395 e. The van der Waals surface area contributed by atoms with Gasteiger partial charge in [-0.15, -0.1) is 0 Å². The Bertz CT molecular complexity index is 618. The number of carbonyl (C=O) groups excluding carboxylic acids is 1. The van der Waals surface area contributed by atoms with E-state index in [4.69, 9.17) is 5.11 Å². The number of carbonyl (C=O) groups is 1. The van der Waals surface area contributed by atoms with Crippen molar-refractivity contribution < 1.29 is 22.7 Å². The fourth-order valence-corrected chi connectivity index (χ4v) is 3.98. The lowest BCUT2D eigenvalue weighted by atomic mass is 9.99. The van der Waals surface area contributed by atoms with Crippen LogP contribution in [0.15, 0.2) is 29.2 Å². The molecule has 1 heterocycles.